The Morgan fingerprint density at radius 3 is 1.40 bits per heavy atom. The van der Waals surface area contributed by atoms with Crippen LogP contribution in [0.15, 0.2) is 229 Å². The van der Waals surface area contributed by atoms with E-state index in [9.17, 15) is 0 Å². The average Bonchev–Trinajstić information content (AvgIpc) is 3.72. The molecule has 0 atom stereocenters. The van der Waals surface area contributed by atoms with E-state index in [4.69, 9.17) is 19.4 Å². The first-order valence-electron chi connectivity index (χ1n) is 20.3. The molecule has 11 rings (SSSR count). The van der Waals surface area contributed by atoms with Gasteiger partial charge in [-0.15, -0.1) is 0 Å². The van der Waals surface area contributed by atoms with Crippen molar-refractivity contribution < 1.29 is 4.42 Å². The SMILES string of the molecule is c1ccc(-c2cccc3c(-c4nc(-c5cccc([Si](c6ccccc6)(c6ccccc6)c6ccccc6)c5)nc(-c5cccc6oc7ccccc7c56)n4)cccc23)cc1. The standard InChI is InChI=1S/C55H37N3OSi/c1-5-19-38(20-6-1)44-30-16-32-46-45(44)31-17-33-47(46)54-56-53(57-55(58-54)49-34-18-36-51-52(49)48-29-13-14-35-50(48)59-51)39-21-15-28-43(37-39)60(40-22-7-2-8-23-40,41-24-9-3-10-25-41)42-26-11-4-12-27-42/h1-37H. The third kappa shape index (κ3) is 5.94. The molecule has 0 fully saturated rings. The highest BCUT2D eigenvalue weighted by Crippen LogP contribution is 2.38. The van der Waals surface area contributed by atoms with E-state index in [-0.39, 0.29) is 0 Å². The van der Waals surface area contributed by atoms with E-state index in [1.54, 1.807) is 0 Å². The Balaban J connectivity index is 1.18. The number of fused-ring (bicyclic) bond motifs is 4. The minimum absolute atomic E-state index is 0.589. The second-order valence-electron chi connectivity index (χ2n) is 15.1. The summed E-state index contributed by atoms with van der Waals surface area (Å²) >= 11 is 0. The fraction of sp³-hybridized carbons (Fsp3) is 0. The van der Waals surface area contributed by atoms with Gasteiger partial charge in [0.15, 0.2) is 25.5 Å². The first-order valence-corrected chi connectivity index (χ1v) is 22.3. The van der Waals surface area contributed by atoms with Crippen LogP contribution in [0.2, 0.25) is 0 Å². The fourth-order valence-electron chi connectivity index (χ4n) is 9.04. The van der Waals surface area contributed by atoms with Gasteiger partial charge in [0.25, 0.3) is 0 Å². The predicted molar refractivity (Wildman–Crippen MR) is 250 cm³/mol. The summed E-state index contributed by atoms with van der Waals surface area (Å²) in [6.45, 7) is 0. The molecule has 60 heavy (non-hydrogen) atoms. The summed E-state index contributed by atoms with van der Waals surface area (Å²) in [5, 5.41) is 9.38. The molecular formula is C55H37N3OSi. The van der Waals surface area contributed by atoms with Gasteiger partial charge in [0, 0.05) is 27.5 Å². The summed E-state index contributed by atoms with van der Waals surface area (Å²) in [6, 6.07) is 79.7. The van der Waals surface area contributed by atoms with Crippen LogP contribution >= 0.6 is 0 Å². The topological polar surface area (TPSA) is 51.8 Å². The second-order valence-corrected chi connectivity index (χ2v) is 18.9. The molecule has 0 bridgehead atoms. The van der Waals surface area contributed by atoms with Gasteiger partial charge in [-0.1, -0.05) is 212 Å². The van der Waals surface area contributed by atoms with Gasteiger partial charge in [-0.25, -0.2) is 15.0 Å². The van der Waals surface area contributed by atoms with Crippen molar-refractivity contribution >= 4 is 61.5 Å². The van der Waals surface area contributed by atoms with Crippen LogP contribution in [0, 0.1) is 0 Å². The quantitative estimate of drug-likeness (QED) is 0.114. The number of rotatable bonds is 8. The van der Waals surface area contributed by atoms with Crippen molar-refractivity contribution in [2.24, 2.45) is 0 Å². The van der Waals surface area contributed by atoms with Crippen molar-refractivity contribution in [3.8, 4) is 45.3 Å². The molecule has 0 aliphatic heterocycles. The summed E-state index contributed by atoms with van der Waals surface area (Å²) in [6.07, 6.45) is 0. The number of furan rings is 1. The Hall–Kier alpha value is -7.73. The summed E-state index contributed by atoms with van der Waals surface area (Å²) in [5.41, 5.74) is 6.70. The van der Waals surface area contributed by atoms with Gasteiger partial charge < -0.3 is 4.42 Å². The van der Waals surface area contributed by atoms with Crippen molar-refractivity contribution in [3.05, 3.63) is 224 Å². The van der Waals surface area contributed by atoms with E-state index < -0.39 is 8.07 Å². The van der Waals surface area contributed by atoms with Gasteiger partial charge >= 0.3 is 0 Å². The van der Waals surface area contributed by atoms with Crippen LogP contribution in [-0.2, 0) is 0 Å². The van der Waals surface area contributed by atoms with E-state index in [0.29, 0.717) is 17.5 Å². The zero-order chi connectivity index (χ0) is 39.9. The zero-order valence-corrected chi connectivity index (χ0v) is 33.6. The summed E-state index contributed by atoms with van der Waals surface area (Å²) in [5.74, 6) is 1.81. The molecular weight excluding hydrogens is 747 g/mol. The lowest BCUT2D eigenvalue weighted by atomic mass is 9.95. The first kappa shape index (κ1) is 35.4. The second kappa shape index (κ2) is 14.9. The monoisotopic (exact) mass is 783 g/mol. The van der Waals surface area contributed by atoms with Crippen molar-refractivity contribution in [2.75, 3.05) is 0 Å². The molecule has 282 valence electrons. The molecule has 2 heterocycles. The average molecular weight is 784 g/mol. The van der Waals surface area contributed by atoms with E-state index >= 15 is 0 Å². The maximum absolute atomic E-state index is 6.37. The molecule has 2 aromatic heterocycles. The number of aromatic nitrogens is 3. The maximum Gasteiger partial charge on any atom is 0.179 e. The Bertz CT molecular complexity index is 3220. The molecule has 0 amide bonds. The van der Waals surface area contributed by atoms with Gasteiger partial charge in [-0.2, -0.15) is 0 Å². The minimum Gasteiger partial charge on any atom is -0.456 e. The fourth-order valence-corrected chi connectivity index (χ4v) is 13.8. The number of nitrogens with zero attached hydrogens (tertiary/aromatic N) is 3. The normalized spacial score (nSPS) is 11.7. The van der Waals surface area contributed by atoms with Crippen LogP contribution in [0.25, 0.3) is 78.0 Å². The smallest absolute Gasteiger partial charge is 0.179 e. The molecule has 0 saturated carbocycles. The Morgan fingerprint density at radius 2 is 0.733 bits per heavy atom. The highest BCUT2D eigenvalue weighted by Gasteiger charge is 2.41. The van der Waals surface area contributed by atoms with Gasteiger partial charge in [0.1, 0.15) is 11.2 Å². The van der Waals surface area contributed by atoms with E-state index in [2.05, 4.69) is 194 Å². The van der Waals surface area contributed by atoms with Crippen LogP contribution in [0.1, 0.15) is 0 Å². The molecule has 11 aromatic rings. The first-order chi connectivity index (χ1) is 29.8. The number of hydrogen-bond donors (Lipinski definition) is 0. The van der Waals surface area contributed by atoms with Crippen LogP contribution < -0.4 is 20.7 Å². The lowest BCUT2D eigenvalue weighted by Crippen LogP contribution is -2.74. The maximum atomic E-state index is 6.37. The summed E-state index contributed by atoms with van der Waals surface area (Å²) in [4.78, 5) is 16.1. The third-order valence-corrected chi connectivity index (χ3v) is 16.5. The highest BCUT2D eigenvalue weighted by atomic mass is 28.3. The number of benzene rings is 9. The molecule has 0 aliphatic rings. The lowest BCUT2D eigenvalue weighted by molar-refractivity contribution is 0.669. The molecule has 0 aliphatic carbocycles. The Labute approximate surface area is 349 Å². The third-order valence-electron chi connectivity index (χ3n) is 11.7. The Morgan fingerprint density at radius 1 is 0.300 bits per heavy atom. The summed E-state index contributed by atoms with van der Waals surface area (Å²) < 4.78 is 6.37. The number of hydrogen-bond acceptors (Lipinski definition) is 4. The van der Waals surface area contributed by atoms with E-state index in [0.717, 1.165) is 60.5 Å². The van der Waals surface area contributed by atoms with Crippen LogP contribution in [0.5, 0.6) is 0 Å². The molecule has 0 spiro atoms. The van der Waals surface area contributed by atoms with E-state index in [1.807, 2.05) is 30.3 Å². The van der Waals surface area contributed by atoms with Crippen molar-refractivity contribution in [2.45, 2.75) is 0 Å². The van der Waals surface area contributed by atoms with Gasteiger partial charge in [0.05, 0.1) is 0 Å². The van der Waals surface area contributed by atoms with Crippen molar-refractivity contribution in [1.29, 1.82) is 0 Å². The van der Waals surface area contributed by atoms with Gasteiger partial charge in [0.2, 0.25) is 0 Å². The van der Waals surface area contributed by atoms with E-state index in [1.165, 1.54) is 20.7 Å². The molecule has 0 unspecified atom stereocenters. The molecule has 4 nitrogen and oxygen atoms in total. The molecule has 5 heteroatoms. The Kier molecular flexibility index (Phi) is 8.79. The number of para-hydroxylation sites is 1. The van der Waals surface area contributed by atoms with Crippen molar-refractivity contribution in [1.82, 2.24) is 15.0 Å². The zero-order valence-electron chi connectivity index (χ0n) is 32.6. The largest absolute Gasteiger partial charge is 0.456 e. The van der Waals surface area contributed by atoms with Crippen molar-refractivity contribution in [3.63, 3.8) is 0 Å². The van der Waals surface area contributed by atoms with Crippen LogP contribution in [-0.4, -0.2) is 23.0 Å². The lowest BCUT2D eigenvalue weighted by Gasteiger charge is -2.34. The molecule has 9 aromatic carbocycles. The summed E-state index contributed by atoms with van der Waals surface area (Å²) in [7, 11) is -2.84. The minimum atomic E-state index is -2.84. The van der Waals surface area contributed by atoms with Gasteiger partial charge in [-0.3, -0.25) is 0 Å². The van der Waals surface area contributed by atoms with Crippen LogP contribution in [0.4, 0.5) is 0 Å². The van der Waals surface area contributed by atoms with Gasteiger partial charge in [-0.05, 0) is 54.8 Å². The molecule has 0 N–H and O–H groups in total. The van der Waals surface area contributed by atoms with Crippen LogP contribution in [0.3, 0.4) is 0 Å². The molecule has 0 saturated heterocycles. The highest BCUT2D eigenvalue weighted by molar-refractivity contribution is 7.19. The molecule has 0 radical (unpaired) electrons. The predicted octanol–water partition coefficient (Wildman–Crippen LogP) is 11.0.